The van der Waals surface area contributed by atoms with Gasteiger partial charge in [-0.1, -0.05) is 60.7 Å². The second kappa shape index (κ2) is 14.1. The summed E-state index contributed by atoms with van der Waals surface area (Å²) in [5, 5.41) is 2.93. The summed E-state index contributed by atoms with van der Waals surface area (Å²) < 4.78 is 50.7. The number of anilines is 2. The number of nitrogens with zero attached hydrogens (tertiary/aromatic N) is 2. The van der Waals surface area contributed by atoms with Crippen LogP contribution in [0.3, 0.4) is 0 Å². The summed E-state index contributed by atoms with van der Waals surface area (Å²) in [6.45, 7) is 4.47. The number of likely N-dealkylation sites (N-methyl/N-ethyl adjacent to an activating group) is 1. The Hall–Kier alpha value is -4.18. The molecule has 6 nitrogen and oxygen atoms in total. The molecule has 1 saturated heterocycles. The van der Waals surface area contributed by atoms with Crippen LogP contribution < -0.4 is 10.2 Å². The highest BCUT2D eigenvalue weighted by molar-refractivity contribution is 6.08. The quantitative estimate of drug-likeness (QED) is 0.140. The first-order valence-electron chi connectivity index (χ1n) is 14.6. The highest BCUT2D eigenvalue weighted by Gasteiger charge is 2.32. The van der Waals surface area contributed by atoms with E-state index in [1.807, 2.05) is 49.4 Å². The zero-order valence-corrected chi connectivity index (χ0v) is 24.8. The van der Waals surface area contributed by atoms with Crippen LogP contribution in [0.4, 0.5) is 24.5 Å². The Bertz CT molecular complexity index is 1510. The Labute approximate surface area is 256 Å². The second-order valence-corrected chi connectivity index (χ2v) is 10.7. The van der Waals surface area contributed by atoms with E-state index in [1.165, 1.54) is 12.1 Å². The van der Waals surface area contributed by atoms with Crippen molar-refractivity contribution in [3.05, 3.63) is 120 Å². The lowest BCUT2D eigenvalue weighted by Gasteiger charge is -2.30. The van der Waals surface area contributed by atoms with Crippen molar-refractivity contribution in [1.29, 1.82) is 0 Å². The number of carbonyl (C=O) groups is 1. The predicted octanol–water partition coefficient (Wildman–Crippen LogP) is 7.84. The van der Waals surface area contributed by atoms with E-state index in [-0.39, 0.29) is 25.0 Å². The van der Waals surface area contributed by atoms with E-state index in [4.69, 9.17) is 9.47 Å². The number of ether oxygens (including phenoxy) is 2. The zero-order valence-electron chi connectivity index (χ0n) is 24.8. The topological polar surface area (TPSA) is 54.0 Å². The molecule has 2 atom stereocenters. The maximum Gasteiger partial charge on any atom is 0.416 e. The van der Waals surface area contributed by atoms with Crippen LogP contribution in [0, 0.1) is 0 Å². The molecule has 1 N–H and O–H groups in total. The molecule has 1 fully saturated rings. The van der Waals surface area contributed by atoms with Gasteiger partial charge in [0.2, 0.25) is 0 Å². The van der Waals surface area contributed by atoms with Gasteiger partial charge >= 0.3 is 6.18 Å². The molecule has 0 bridgehead atoms. The average Bonchev–Trinajstić information content (AvgIpc) is 3.53. The minimum atomic E-state index is -4.42. The van der Waals surface area contributed by atoms with Gasteiger partial charge in [0.05, 0.1) is 5.56 Å². The SMILES string of the molecule is CCOCOC(c1ccccc1)N1CCC(N(C)c2ccc(NC(=O)c3ccccc3-c3ccc(C(F)(F)F)cc3)cc2)C1. The molecule has 1 heterocycles. The molecule has 5 rings (SSSR count). The number of carbonyl (C=O) groups excluding carboxylic acids is 1. The van der Waals surface area contributed by atoms with Gasteiger partial charge in [0.1, 0.15) is 13.0 Å². The number of halogens is 3. The molecular formula is C35H36F3N3O3. The van der Waals surface area contributed by atoms with E-state index in [9.17, 15) is 18.0 Å². The molecule has 4 aromatic rings. The van der Waals surface area contributed by atoms with Gasteiger partial charge < -0.3 is 19.7 Å². The molecule has 44 heavy (non-hydrogen) atoms. The molecule has 1 aliphatic heterocycles. The molecule has 0 aromatic heterocycles. The van der Waals surface area contributed by atoms with Crippen molar-refractivity contribution >= 4 is 17.3 Å². The van der Waals surface area contributed by atoms with E-state index < -0.39 is 11.7 Å². The zero-order chi connectivity index (χ0) is 31.1. The van der Waals surface area contributed by atoms with Gasteiger partial charge in [-0.15, -0.1) is 0 Å². The molecule has 0 radical (unpaired) electrons. The molecule has 0 aliphatic carbocycles. The summed E-state index contributed by atoms with van der Waals surface area (Å²) in [7, 11) is 2.07. The standard InChI is InChI=1S/C35H36F3N3O3/c1-3-43-24-44-34(26-9-5-4-6-10-26)41-22-21-30(23-41)40(2)29-19-17-28(18-20-29)39-33(42)32-12-8-7-11-31(32)25-13-15-27(16-14-25)35(36,37)38/h4-20,30,34H,3,21-24H2,1-2H3,(H,39,42). The third-order valence-corrected chi connectivity index (χ3v) is 7.90. The van der Waals surface area contributed by atoms with E-state index in [1.54, 1.807) is 24.3 Å². The van der Waals surface area contributed by atoms with Crippen LogP contribution in [0.1, 0.15) is 41.1 Å². The molecule has 2 unspecified atom stereocenters. The molecular weight excluding hydrogens is 567 g/mol. The monoisotopic (exact) mass is 603 g/mol. The highest BCUT2D eigenvalue weighted by Crippen LogP contribution is 2.33. The fourth-order valence-corrected chi connectivity index (χ4v) is 5.48. The largest absolute Gasteiger partial charge is 0.416 e. The molecule has 0 saturated carbocycles. The minimum Gasteiger partial charge on any atom is -0.370 e. The number of amides is 1. The summed E-state index contributed by atoms with van der Waals surface area (Å²) in [6, 6.07) is 29.8. The lowest BCUT2D eigenvalue weighted by atomic mass is 9.98. The van der Waals surface area contributed by atoms with E-state index >= 15 is 0 Å². The van der Waals surface area contributed by atoms with Crippen molar-refractivity contribution in [2.45, 2.75) is 31.8 Å². The molecule has 4 aromatic carbocycles. The van der Waals surface area contributed by atoms with E-state index in [0.717, 1.165) is 42.9 Å². The van der Waals surface area contributed by atoms with Crippen LogP contribution >= 0.6 is 0 Å². The lowest BCUT2D eigenvalue weighted by Crippen LogP contribution is -2.36. The Morgan fingerprint density at radius 1 is 0.955 bits per heavy atom. The van der Waals surface area contributed by atoms with Gasteiger partial charge in [-0.25, -0.2) is 0 Å². The maximum absolute atomic E-state index is 13.2. The Morgan fingerprint density at radius 3 is 2.32 bits per heavy atom. The van der Waals surface area contributed by atoms with Gasteiger partial charge in [0.25, 0.3) is 5.91 Å². The number of nitrogens with one attached hydrogen (secondary N) is 1. The van der Waals surface area contributed by atoms with Crippen molar-refractivity contribution < 1.29 is 27.4 Å². The number of alkyl halides is 3. The Kier molecular flexibility index (Phi) is 9.99. The first-order chi connectivity index (χ1) is 21.2. The Morgan fingerprint density at radius 2 is 1.64 bits per heavy atom. The van der Waals surface area contributed by atoms with Crippen molar-refractivity contribution in [3.63, 3.8) is 0 Å². The van der Waals surface area contributed by atoms with Gasteiger partial charge in [0, 0.05) is 49.7 Å². The number of benzene rings is 4. The predicted molar refractivity (Wildman–Crippen MR) is 166 cm³/mol. The van der Waals surface area contributed by atoms with Crippen LogP contribution in [0.2, 0.25) is 0 Å². The van der Waals surface area contributed by atoms with Crippen molar-refractivity contribution in [3.8, 4) is 11.1 Å². The van der Waals surface area contributed by atoms with E-state index in [0.29, 0.717) is 29.0 Å². The minimum absolute atomic E-state index is 0.191. The molecule has 9 heteroatoms. The lowest BCUT2D eigenvalue weighted by molar-refractivity contribution is -0.138. The number of hydrogen-bond acceptors (Lipinski definition) is 5. The van der Waals surface area contributed by atoms with Crippen LogP contribution in [0.5, 0.6) is 0 Å². The fraction of sp³-hybridized carbons (Fsp3) is 0.286. The van der Waals surface area contributed by atoms with Crippen molar-refractivity contribution in [2.24, 2.45) is 0 Å². The third kappa shape index (κ3) is 7.48. The maximum atomic E-state index is 13.2. The van der Waals surface area contributed by atoms with Crippen LogP contribution in [0.15, 0.2) is 103 Å². The summed E-state index contributed by atoms with van der Waals surface area (Å²) in [5.74, 6) is -0.341. The van der Waals surface area contributed by atoms with Gasteiger partial charge in [-0.05, 0) is 72.5 Å². The average molecular weight is 604 g/mol. The van der Waals surface area contributed by atoms with Crippen molar-refractivity contribution in [2.75, 3.05) is 43.8 Å². The van der Waals surface area contributed by atoms with Crippen LogP contribution in [-0.2, 0) is 15.7 Å². The van der Waals surface area contributed by atoms with E-state index in [2.05, 4.69) is 34.3 Å². The summed E-state index contributed by atoms with van der Waals surface area (Å²) in [5.41, 5.74) is 3.46. The molecule has 1 amide bonds. The van der Waals surface area contributed by atoms with Gasteiger partial charge in [0.15, 0.2) is 0 Å². The van der Waals surface area contributed by atoms with Crippen LogP contribution in [0.25, 0.3) is 11.1 Å². The summed E-state index contributed by atoms with van der Waals surface area (Å²) >= 11 is 0. The molecule has 0 spiro atoms. The van der Waals surface area contributed by atoms with Crippen LogP contribution in [-0.4, -0.2) is 50.4 Å². The Balaban J connectivity index is 1.23. The number of rotatable bonds is 11. The van der Waals surface area contributed by atoms with Gasteiger partial charge in [-0.2, -0.15) is 13.2 Å². The molecule has 1 aliphatic rings. The number of likely N-dealkylation sites (tertiary alicyclic amines) is 1. The summed E-state index contributed by atoms with van der Waals surface area (Å²) in [6.07, 6.45) is -3.64. The normalized spacial score (nSPS) is 16.1. The number of hydrogen-bond donors (Lipinski definition) is 1. The fourth-order valence-electron chi connectivity index (χ4n) is 5.48. The first kappa shape index (κ1) is 31.3. The smallest absolute Gasteiger partial charge is 0.370 e. The third-order valence-electron chi connectivity index (χ3n) is 7.90. The second-order valence-electron chi connectivity index (χ2n) is 10.7. The van der Waals surface area contributed by atoms with Gasteiger partial charge in [-0.3, -0.25) is 9.69 Å². The molecule has 230 valence electrons. The summed E-state index contributed by atoms with van der Waals surface area (Å²) in [4.78, 5) is 17.8. The van der Waals surface area contributed by atoms with Crippen molar-refractivity contribution in [1.82, 2.24) is 4.90 Å². The highest BCUT2D eigenvalue weighted by atomic mass is 19.4. The first-order valence-corrected chi connectivity index (χ1v) is 14.6.